The molecule has 1 aliphatic rings. The van der Waals surface area contributed by atoms with Gasteiger partial charge in [-0.15, -0.1) is 0 Å². The predicted octanol–water partition coefficient (Wildman–Crippen LogP) is 3.84. The summed E-state index contributed by atoms with van der Waals surface area (Å²) in [6.07, 6.45) is 2.56. The number of hydrogen-bond acceptors (Lipinski definition) is 1. The first-order valence-corrected chi connectivity index (χ1v) is 6.42. The molecule has 0 amide bonds. The first-order valence-electron chi connectivity index (χ1n) is 6.42. The second kappa shape index (κ2) is 4.08. The molecule has 1 aliphatic heterocycles. The second-order valence-electron chi connectivity index (χ2n) is 7.11. The molecule has 1 N–H and O–H groups in total. The van der Waals surface area contributed by atoms with Crippen molar-refractivity contribution < 1.29 is 0 Å². The van der Waals surface area contributed by atoms with Gasteiger partial charge >= 0.3 is 0 Å². The van der Waals surface area contributed by atoms with Gasteiger partial charge in [0, 0.05) is 11.1 Å². The van der Waals surface area contributed by atoms with Crippen molar-refractivity contribution >= 4 is 0 Å². The number of rotatable bonds is 0. The van der Waals surface area contributed by atoms with E-state index in [4.69, 9.17) is 0 Å². The Labute approximate surface area is 96.0 Å². The van der Waals surface area contributed by atoms with Crippen LogP contribution in [0.25, 0.3) is 0 Å². The van der Waals surface area contributed by atoms with Gasteiger partial charge in [-0.25, -0.2) is 0 Å². The first-order chi connectivity index (χ1) is 6.63. The van der Waals surface area contributed by atoms with Crippen LogP contribution < -0.4 is 5.32 Å². The zero-order valence-corrected chi connectivity index (χ0v) is 11.6. The lowest BCUT2D eigenvalue weighted by Crippen LogP contribution is -2.55. The Bertz CT molecular complexity index is 195. The van der Waals surface area contributed by atoms with E-state index in [1.807, 2.05) is 0 Å². The Morgan fingerprint density at radius 2 is 1.13 bits per heavy atom. The van der Waals surface area contributed by atoms with Crippen LogP contribution in [0, 0.1) is 17.8 Å². The highest BCUT2D eigenvalue weighted by Gasteiger charge is 2.36. The molecule has 1 saturated heterocycles. The maximum absolute atomic E-state index is 3.82. The lowest BCUT2D eigenvalue weighted by atomic mass is 9.71. The summed E-state index contributed by atoms with van der Waals surface area (Å²) >= 11 is 0. The van der Waals surface area contributed by atoms with Crippen molar-refractivity contribution in [2.24, 2.45) is 17.8 Å². The SMILES string of the molecule is CC1CC(C)(C)NC(C)(C)CC(C)C1C. The van der Waals surface area contributed by atoms with Crippen LogP contribution in [0.2, 0.25) is 0 Å². The maximum atomic E-state index is 3.82. The maximum Gasteiger partial charge on any atom is 0.0132 e. The molecule has 0 aliphatic carbocycles. The average Bonchev–Trinajstić information content (AvgIpc) is 1.96. The van der Waals surface area contributed by atoms with Crippen LogP contribution in [0.3, 0.4) is 0 Å². The van der Waals surface area contributed by atoms with E-state index in [1.54, 1.807) is 0 Å². The lowest BCUT2D eigenvalue weighted by molar-refractivity contribution is 0.111. The summed E-state index contributed by atoms with van der Waals surface area (Å²) in [5.74, 6) is 2.47. The molecule has 2 atom stereocenters. The first kappa shape index (κ1) is 13.0. The third kappa shape index (κ3) is 3.48. The Kier molecular flexibility index (Phi) is 3.55. The van der Waals surface area contributed by atoms with Gasteiger partial charge in [-0.05, 0) is 58.3 Å². The van der Waals surface area contributed by atoms with Crippen molar-refractivity contribution in [1.82, 2.24) is 5.32 Å². The summed E-state index contributed by atoms with van der Waals surface area (Å²) < 4.78 is 0. The van der Waals surface area contributed by atoms with E-state index in [2.05, 4.69) is 53.8 Å². The standard InChI is InChI=1S/C14H29N/c1-10-8-13(4,5)15-14(6,7)9-11(2)12(10)3/h10-12,15H,8-9H2,1-7H3. The molecule has 15 heavy (non-hydrogen) atoms. The van der Waals surface area contributed by atoms with Crippen molar-refractivity contribution in [2.75, 3.05) is 0 Å². The highest BCUT2D eigenvalue weighted by atomic mass is 15.0. The number of nitrogens with one attached hydrogen (secondary N) is 1. The molecule has 0 aromatic carbocycles. The van der Waals surface area contributed by atoms with Crippen molar-refractivity contribution in [1.29, 1.82) is 0 Å². The van der Waals surface area contributed by atoms with Crippen LogP contribution in [0.15, 0.2) is 0 Å². The predicted molar refractivity (Wildman–Crippen MR) is 68.0 cm³/mol. The Morgan fingerprint density at radius 3 is 1.47 bits per heavy atom. The average molecular weight is 211 g/mol. The summed E-state index contributed by atoms with van der Waals surface area (Å²) in [6, 6.07) is 0. The molecule has 1 heterocycles. The zero-order valence-electron chi connectivity index (χ0n) is 11.6. The van der Waals surface area contributed by atoms with Crippen LogP contribution in [0.5, 0.6) is 0 Å². The molecule has 0 bridgehead atoms. The fourth-order valence-electron chi connectivity index (χ4n) is 3.56. The van der Waals surface area contributed by atoms with Crippen molar-refractivity contribution in [3.8, 4) is 0 Å². The van der Waals surface area contributed by atoms with Crippen LogP contribution in [-0.2, 0) is 0 Å². The minimum absolute atomic E-state index is 0.275. The molecular formula is C14H29N. The van der Waals surface area contributed by atoms with E-state index in [0.717, 1.165) is 17.8 Å². The molecule has 1 rings (SSSR count). The summed E-state index contributed by atoms with van der Waals surface area (Å²) in [5, 5.41) is 3.82. The van der Waals surface area contributed by atoms with Gasteiger partial charge in [0.15, 0.2) is 0 Å². The van der Waals surface area contributed by atoms with Crippen molar-refractivity contribution in [3.63, 3.8) is 0 Å². The Morgan fingerprint density at radius 1 is 0.800 bits per heavy atom. The van der Waals surface area contributed by atoms with E-state index in [-0.39, 0.29) is 11.1 Å². The summed E-state index contributed by atoms with van der Waals surface area (Å²) in [7, 11) is 0. The van der Waals surface area contributed by atoms with E-state index >= 15 is 0 Å². The highest BCUT2D eigenvalue weighted by Crippen LogP contribution is 2.36. The third-order valence-corrected chi connectivity index (χ3v) is 4.14. The summed E-state index contributed by atoms with van der Waals surface area (Å²) in [6.45, 7) is 16.6. The summed E-state index contributed by atoms with van der Waals surface area (Å²) in [5.41, 5.74) is 0.550. The molecule has 2 unspecified atom stereocenters. The minimum Gasteiger partial charge on any atom is -0.307 e. The van der Waals surface area contributed by atoms with Gasteiger partial charge in [0.05, 0.1) is 0 Å². The molecule has 1 fully saturated rings. The number of hydrogen-bond donors (Lipinski definition) is 1. The quantitative estimate of drug-likeness (QED) is 0.642. The molecule has 1 nitrogen and oxygen atoms in total. The van der Waals surface area contributed by atoms with Crippen LogP contribution in [0.1, 0.15) is 61.3 Å². The summed E-state index contributed by atoms with van der Waals surface area (Å²) in [4.78, 5) is 0. The Hall–Kier alpha value is -0.0400. The normalized spacial score (nSPS) is 40.6. The third-order valence-electron chi connectivity index (χ3n) is 4.14. The fourth-order valence-corrected chi connectivity index (χ4v) is 3.56. The van der Waals surface area contributed by atoms with Gasteiger partial charge in [-0.2, -0.15) is 0 Å². The van der Waals surface area contributed by atoms with Gasteiger partial charge in [-0.3, -0.25) is 0 Å². The van der Waals surface area contributed by atoms with E-state index in [0.29, 0.717) is 0 Å². The fraction of sp³-hybridized carbons (Fsp3) is 1.00. The molecule has 0 spiro atoms. The highest BCUT2D eigenvalue weighted by molar-refractivity contribution is 4.94. The largest absolute Gasteiger partial charge is 0.307 e. The van der Waals surface area contributed by atoms with E-state index in [1.165, 1.54) is 12.8 Å². The Balaban J connectivity index is 2.85. The van der Waals surface area contributed by atoms with Gasteiger partial charge in [0.2, 0.25) is 0 Å². The van der Waals surface area contributed by atoms with Crippen LogP contribution >= 0.6 is 0 Å². The molecule has 0 radical (unpaired) electrons. The minimum atomic E-state index is 0.275. The van der Waals surface area contributed by atoms with Crippen molar-refractivity contribution in [3.05, 3.63) is 0 Å². The lowest BCUT2D eigenvalue weighted by Gasteiger charge is -2.45. The van der Waals surface area contributed by atoms with Gasteiger partial charge in [-0.1, -0.05) is 20.8 Å². The van der Waals surface area contributed by atoms with E-state index in [9.17, 15) is 0 Å². The monoisotopic (exact) mass is 211 g/mol. The van der Waals surface area contributed by atoms with Crippen LogP contribution in [0.4, 0.5) is 0 Å². The van der Waals surface area contributed by atoms with Gasteiger partial charge in [0.1, 0.15) is 0 Å². The van der Waals surface area contributed by atoms with Crippen molar-refractivity contribution in [2.45, 2.75) is 72.4 Å². The zero-order chi connectivity index (χ0) is 11.9. The van der Waals surface area contributed by atoms with E-state index < -0.39 is 0 Å². The molecule has 90 valence electrons. The smallest absolute Gasteiger partial charge is 0.0132 e. The van der Waals surface area contributed by atoms with Crippen LogP contribution in [-0.4, -0.2) is 11.1 Å². The van der Waals surface area contributed by atoms with Gasteiger partial charge < -0.3 is 5.32 Å². The molecule has 0 saturated carbocycles. The molecule has 0 aromatic heterocycles. The molecule has 0 aromatic rings. The van der Waals surface area contributed by atoms with Gasteiger partial charge in [0.25, 0.3) is 0 Å². The topological polar surface area (TPSA) is 12.0 Å². The molecule has 1 heteroatoms. The molecular weight excluding hydrogens is 182 g/mol. The second-order valence-corrected chi connectivity index (χ2v) is 7.11.